The van der Waals surface area contributed by atoms with E-state index in [9.17, 15) is 18.4 Å². The number of aliphatic imine (C=N–C) groups is 1. The molecule has 1 N–H and O–H groups in total. The largest absolute Gasteiger partial charge is 0.326 e. The Kier molecular flexibility index (Phi) is 7.64. The molecule has 2 aromatic carbocycles. The molecule has 2 amide bonds. The number of amidine groups is 1. The highest BCUT2D eigenvalue weighted by Gasteiger charge is 2.38. The molecule has 1 saturated heterocycles. The molecule has 1 aliphatic heterocycles. The summed E-state index contributed by atoms with van der Waals surface area (Å²) >= 11 is 1.67. The van der Waals surface area contributed by atoms with Crippen LogP contribution in [0.4, 0.5) is 20.2 Å². The van der Waals surface area contributed by atoms with E-state index in [0.29, 0.717) is 33.2 Å². The van der Waals surface area contributed by atoms with E-state index in [-0.39, 0.29) is 24.8 Å². The van der Waals surface area contributed by atoms with Crippen molar-refractivity contribution in [2.75, 3.05) is 11.9 Å². The molecule has 1 heterocycles. The number of hydrogen-bond donors (Lipinski definition) is 1. The van der Waals surface area contributed by atoms with Crippen LogP contribution in [0.3, 0.4) is 0 Å². The van der Waals surface area contributed by atoms with Gasteiger partial charge in [-0.25, -0.2) is 4.99 Å². The summed E-state index contributed by atoms with van der Waals surface area (Å²) in [5.74, 6) is -2.97. The van der Waals surface area contributed by atoms with Gasteiger partial charge >= 0.3 is 0 Å². The number of thioether (sulfide) groups is 2. The highest BCUT2D eigenvalue weighted by atomic mass is 32.2. The minimum Gasteiger partial charge on any atom is -0.326 e. The fourth-order valence-corrected chi connectivity index (χ4v) is 4.40. The Balaban J connectivity index is 1.71. The molecule has 3 rings (SSSR count). The van der Waals surface area contributed by atoms with Crippen LogP contribution in [-0.2, 0) is 9.59 Å². The molecule has 1 atom stereocenters. The van der Waals surface area contributed by atoms with Crippen molar-refractivity contribution in [2.45, 2.75) is 22.3 Å². The molecule has 0 spiro atoms. The Morgan fingerprint density at radius 1 is 1.23 bits per heavy atom. The van der Waals surface area contributed by atoms with Crippen LogP contribution in [-0.4, -0.2) is 39.4 Å². The lowest BCUT2D eigenvalue weighted by atomic mass is 10.2. The summed E-state index contributed by atoms with van der Waals surface area (Å²) in [5.41, 5.74) is 1.20. The quantitative estimate of drug-likeness (QED) is 0.449. The summed E-state index contributed by atoms with van der Waals surface area (Å²) in [6.45, 7) is 3.93. The van der Waals surface area contributed by atoms with Gasteiger partial charge in [0.05, 0.1) is 5.69 Å². The van der Waals surface area contributed by atoms with E-state index in [1.807, 2.05) is 18.2 Å². The predicted octanol–water partition coefficient (Wildman–Crippen LogP) is 5.15. The molecule has 9 heteroatoms. The molecule has 5 nitrogen and oxygen atoms in total. The SMILES string of the molecule is C=CCN1C(=O)[C@@H](CC(=O)Nc2ccccc2)SC1=Nc1ccc(SC(F)F)cc1. The van der Waals surface area contributed by atoms with E-state index in [2.05, 4.69) is 16.9 Å². The number of carbonyl (C=O) groups excluding carboxylic acids is 2. The Morgan fingerprint density at radius 3 is 2.57 bits per heavy atom. The number of halogens is 2. The van der Waals surface area contributed by atoms with Crippen molar-refractivity contribution in [3.63, 3.8) is 0 Å². The average Bonchev–Trinajstić information content (AvgIpc) is 2.99. The van der Waals surface area contributed by atoms with E-state index >= 15 is 0 Å². The normalized spacial score (nSPS) is 17.6. The van der Waals surface area contributed by atoms with Crippen LogP contribution in [0.1, 0.15) is 6.42 Å². The van der Waals surface area contributed by atoms with Gasteiger partial charge < -0.3 is 5.32 Å². The van der Waals surface area contributed by atoms with Gasteiger partial charge in [0.15, 0.2) is 5.17 Å². The Hall–Kier alpha value is -2.65. The van der Waals surface area contributed by atoms with Crippen LogP contribution in [0.2, 0.25) is 0 Å². The molecule has 0 unspecified atom stereocenters. The Labute approximate surface area is 181 Å². The van der Waals surface area contributed by atoms with Crippen LogP contribution < -0.4 is 5.32 Å². The lowest BCUT2D eigenvalue weighted by molar-refractivity contribution is -0.127. The van der Waals surface area contributed by atoms with E-state index in [1.165, 1.54) is 16.7 Å². The topological polar surface area (TPSA) is 61.8 Å². The maximum absolute atomic E-state index is 12.8. The first-order chi connectivity index (χ1) is 14.5. The maximum Gasteiger partial charge on any atom is 0.288 e. The lowest BCUT2D eigenvalue weighted by Gasteiger charge is -2.14. The van der Waals surface area contributed by atoms with E-state index in [0.717, 1.165) is 0 Å². The van der Waals surface area contributed by atoms with E-state index < -0.39 is 11.0 Å². The summed E-state index contributed by atoms with van der Waals surface area (Å²) in [7, 11) is 0. The second-order valence-electron chi connectivity index (χ2n) is 6.23. The average molecular weight is 448 g/mol. The third kappa shape index (κ3) is 5.93. The van der Waals surface area contributed by atoms with Crippen LogP contribution in [0.25, 0.3) is 0 Å². The fraction of sp³-hybridized carbons (Fsp3) is 0.190. The highest BCUT2D eigenvalue weighted by molar-refractivity contribution is 8.15. The van der Waals surface area contributed by atoms with Gasteiger partial charge in [-0.3, -0.25) is 14.5 Å². The number of amides is 2. The minimum atomic E-state index is -2.49. The number of nitrogens with one attached hydrogen (secondary N) is 1. The molecule has 30 heavy (non-hydrogen) atoms. The van der Waals surface area contributed by atoms with Crippen LogP contribution >= 0.6 is 23.5 Å². The van der Waals surface area contributed by atoms with Crippen LogP contribution in [0.15, 0.2) is 77.1 Å². The van der Waals surface area contributed by atoms with Gasteiger partial charge in [0, 0.05) is 23.5 Å². The monoisotopic (exact) mass is 447 g/mol. The van der Waals surface area contributed by atoms with Crippen molar-refractivity contribution in [2.24, 2.45) is 4.99 Å². The van der Waals surface area contributed by atoms with Crippen molar-refractivity contribution in [3.8, 4) is 0 Å². The second kappa shape index (κ2) is 10.4. The summed E-state index contributed by atoms with van der Waals surface area (Å²) < 4.78 is 24.9. The third-order valence-corrected chi connectivity index (χ3v) is 5.94. The van der Waals surface area contributed by atoms with Gasteiger partial charge in [-0.1, -0.05) is 47.8 Å². The molecule has 0 bridgehead atoms. The third-order valence-electron chi connectivity index (χ3n) is 4.05. The highest BCUT2D eigenvalue weighted by Crippen LogP contribution is 2.33. The summed E-state index contributed by atoms with van der Waals surface area (Å²) in [4.78, 5) is 31.5. The minimum absolute atomic E-state index is 0.00895. The van der Waals surface area contributed by atoms with E-state index in [1.54, 1.807) is 42.5 Å². The van der Waals surface area contributed by atoms with Gasteiger partial charge in [-0.05, 0) is 36.4 Å². The maximum atomic E-state index is 12.8. The fourth-order valence-electron chi connectivity index (χ4n) is 2.74. The lowest BCUT2D eigenvalue weighted by Crippen LogP contribution is -2.33. The molecule has 1 fully saturated rings. The summed E-state index contributed by atoms with van der Waals surface area (Å²) in [6, 6.07) is 15.4. The first-order valence-corrected chi connectivity index (χ1v) is 10.8. The van der Waals surface area contributed by atoms with Crippen molar-refractivity contribution >= 4 is 51.9 Å². The number of alkyl halides is 2. The van der Waals surface area contributed by atoms with Gasteiger partial charge in [0.1, 0.15) is 5.25 Å². The molecular formula is C21H19F2N3O2S2. The van der Waals surface area contributed by atoms with Gasteiger partial charge in [0.25, 0.3) is 5.76 Å². The molecule has 0 aromatic heterocycles. The standard InChI is InChI=1S/C21H19F2N3O2S2/c1-2-12-26-19(28)17(13-18(27)24-14-6-4-3-5-7-14)30-21(26)25-15-8-10-16(11-9-15)29-20(22)23/h2-11,17,20H,1,12-13H2,(H,24,27)/t17-/m1/s1. The molecule has 1 aliphatic rings. The molecular weight excluding hydrogens is 428 g/mol. The second-order valence-corrected chi connectivity index (χ2v) is 8.46. The zero-order chi connectivity index (χ0) is 21.5. The van der Waals surface area contributed by atoms with Gasteiger partial charge in [0.2, 0.25) is 11.8 Å². The van der Waals surface area contributed by atoms with Crippen molar-refractivity contribution in [1.29, 1.82) is 0 Å². The van der Waals surface area contributed by atoms with Gasteiger partial charge in [-0.2, -0.15) is 8.78 Å². The molecule has 0 saturated carbocycles. The number of carbonyl (C=O) groups is 2. The number of benzene rings is 2. The van der Waals surface area contributed by atoms with Gasteiger partial charge in [-0.15, -0.1) is 6.58 Å². The number of anilines is 1. The summed E-state index contributed by atoms with van der Waals surface area (Å²) in [6.07, 6.45) is 1.60. The Bertz CT molecular complexity index is 937. The molecule has 0 aliphatic carbocycles. The first kappa shape index (κ1) is 22.0. The number of para-hydroxylation sites is 1. The Morgan fingerprint density at radius 2 is 1.93 bits per heavy atom. The van der Waals surface area contributed by atoms with Crippen LogP contribution in [0.5, 0.6) is 0 Å². The van der Waals surface area contributed by atoms with E-state index in [4.69, 9.17) is 0 Å². The van der Waals surface area contributed by atoms with Crippen molar-refractivity contribution < 1.29 is 18.4 Å². The number of rotatable bonds is 8. The van der Waals surface area contributed by atoms with Crippen LogP contribution in [0, 0.1) is 0 Å². The molecule has 0 radical (unpaired) electrons. The smallest absolute Gasteiger partial charge is 0.288 e. The summed E-state index contributed by atoms with van der Waals surface area (Å²) in [5, 5.41) is 2.63. The number of nitrogens with zero attached hydrogens (tertiary/aromatic N) is 2. The van der Waals surface area contributed by atoms with Crippen molar-refractivity contribution in [3.05, 3.63) is 67.3 Å². The molecule has 2 aromatic rings. The number of hydrogen-bond acceptors (Lipinski definition) is 5. The zero-order valence-electron chi connectivity index (χ0n) is 15.8. The molecule has 156 valence electrons. The zero-order valence-corrected chi connectivity index (χ0v) is 17.5. The predicted molar refractivity (Wildman–Crippen MR) is 118 cm³/mol. The first-order valence-electron chi connectivity index (χ1n) is 9.03. The van der Waals surface area contributed by atoms with Crippen molar-refractivity contribution in [1.82, 2.24) is 4.90 Å².